The van der Waals surface area contributed by atoms with Crippen molar-refractivity contribution in [2.24, 2.45) is 23.5 Å². The number of hydrogen-bond acceptors (Lipinski definition) is 5. The number of aliphatic hydroxyl groups is 1. The number of nitrogens with one attached hydrogen (secondary N) is 1. The minimum atomic E-state index is -1.33. The Morgan fingerprint density at radius 3 is 2.66 bits per heavy atom. The summed E-state index contributed by atoms with van der Waals surface area (Å²) in [5.41, 5.74) is 5.34. The van der Waals surface area contributed by atoms with Gasteiger partial charge in [0, 0.05) is 13.1 Å². The smallest absolute Gasteiger partial charge is 0.338 e. The maximum absolute atomic E-state index is 12.9. The first-order chi connectivity index (χ1) is 13.3. The first kappa shape index (κ1) is 25.4. The van der Waals surface area contributed by atoms with Crippen molar-refractivity contribution in [1.29, 1.82) is 0 Å². The van der Waals surface area contributed by atoms with Gasteiger partial charge in [-0.15, -0.1) is 12.4 Å². The van der Waals surface area contributed by atoms with Crippen molar-refractivity contribution in [3.63, 3.8) is 0 Å². The summed E-state index contributed by atoms with van der Waals surface area (Å²) in [6.07, 6.45) is 2.87. The Balaban J connectivity index is 0.00000420. The van der Waals surface area contributed by atoms with Gasteiger partial charge in [-0.2, -0.15) is 0 Å². The quantitative estimate of drug-likeness (QED) is 0.555. The topological polar surface area (TPSA) is 102 Å². The average Bonchev–Trinajstić information content (AvgIpc) is 2.66. The van der Waals surface area contributed by atoms with Crippen molar-refractivity contribution in [2.75, 3.05) is 19.7 Å². The molecule has 7 heteroatoms. The third-order valence-corrected chi connectivity index (χ3v) is 5.71. The highest BCUT2D eigenvalue weighted by Crippen LogP contribution is 2.41. The van der Waals surface area contributed by atoms with Gasteiger partial charge < -0.3 is 20.9 Å². The SMILES string of the molecule is CC(C)[C@@H]1CC[C@@H](C)C[C@@]1(O)C(=O)NCCc1ccccc1C(=O)OCCN.Cl. The molecule has 0 spiro atoms. The Morgan fingerprint density at radius 1 is 1.31 bits per heavy atom. The van der Waals surface area contributed by atoms with Crippen LogP contribution in [0.25, 0.3) is 0 Å². The molecule has 0 aromatic heterocycles. The fraction of sp³-hybridized carbons (Fsp3) is 0.636. The maximum atomic E-state index is 12.9. The minimum absolute atomic E-state index is 0. The van der Waals surface area contributed by atoms with Crippen LogP contribution < -0.4 is 11.1 Å². The van der Waals surface area contributed by atoms with Crippen molar-refractivity contribution in [1.82, 2.24) is 5.32 Å². The Labute approximate surface area is 180 Å². The number of esters is 1. The van der Waals surface area contributed by atoms with Gasteiger partial charge in [0.15, 0.2) is 0 Å². The predicted molar refractivity (Wildman–Crippen MR) is 116 cm³/mol. The number of carbonyl (C=O) groups is 2. The van der Waals surface area contributed by atoms with Gasteiger partial charge in [-0.1, -0.05) is 45.4 Å². The zero-order valence-corrected chi connectivity index (χ0v) is 18.5. The molecule has 1 aliphatic rings. The number of halogens is 1. The van der Waals surface area contributed by atoms with Gasteiger partial charge in [0.1, 0.15) is 12.2 Å². The molecule has 1 saturated carbocycles. The molecule has 1 amide bonds. The van der Waals surface area contributed by atoms with E-state index in [1.165, 1.54) is 0 Å². The fourth-order valence-electron chi connectivity index (χ4n) is 4.26. The molecule has 2 rings (SSSR count). The highest BCUT2D eigenvalue weighted by Gasteiger charge is 2.48. The van der Waals surface area contributed by atoms with E-state index in [9.17, 15) is 14.7 Å². The third kappa shape index (κ3) is 6.43. The molecule has 29 heavy (non-hydrogen) atoms. The van der Waals surface area contributed by atoms with E-state index in [-0.39, 0.29) is 43.3 Å². The maximum Gasteiger partial charge on any atom is 0.338 e. The summed E-state index contributed by atoms with van der Waals surface area (Å²) >= 11 is 0. The number of amides is 1. The molecule has 1 aliphatic carbocycles. The highest BCUT2D eigenvalue weighted by atomic mass is 35.5. The molecule has 1 aromatic rings. The van der Waals surface area contributed by atoms with Gasteiger partial charge in [0.25, 0.3) is 5.91 Å². The molecule has 0 bridgehead atoms. The van der Waals surface area contributed by atoms with Crippen molar-refractivity contribution >= 4 is 24.3 Å². The molecule has 3 atom stereocenters. The van der Waals surface area contributed by atoms with Gasteiger partial charge in [0.2, 0.25) is 0 Å². The lowest BCUT2D eigenvalue weighted by molar-refractivity contribution is -0.155. The summed E-state index contributed by atoms with van der Waals surface area (Å²) in [5, 5.41) is 14.1. The Hall–Kier alpha value is -1.63. The summed E-state index contributed by atoms with van der Waals surface area (Å²) in [7, 11) is 0. The monoisotopic (exact) mass is 426 g/mol. The van der Waals surface area contributed by atoms with E-state index in [2.05, 4.69) is 26.1 Å². The van der Waals surface area contributed by atoms with E-state index < -0.39 is 11.6 Å². The Morgan fingerprint density at radius 2 is 2.00 bits per heavy atom. The van der Waals surface area contributed by atoms with E-state index in [0.29, 0.717) is 30.9 Å². The molecule has 0 radical (unpaired) electrons. The standard InChI is InChI=1S/C22H34N2O4.ClH/c1-15(2)19-9-8-16(3)14-22(19,27)21(26)24-12-10-17-6-4-5-7-18(17)20(25)28-13-11-23;/h4-7,15-16,19,27H,8-14,23H2,1-3H3,(H,24,26);1H/t16-,19+,22+;/m1./s1. The first-order valence-electron chi connectivity index (χ1n) is 10.2. The van der Waals surface area contributed by atoms with E-state index in [1.807, 2.05) is 12.1 Å². The first-order valence-corrected chi connectivity index (χ1v) is 10.2. The summed E-state index contributed by atoms with van der Waals surface area (Å²) in [5.74, 6) is -0.194. The lowest BCUT2D eigenvalue weighted by Gasteiger charge is -2.43. The van der Waals surface area contributed by atoms with Gasteiger partial charge in [-0.3, -0.25) is 4.79 Å². The lowest BCUT2D eigenvalue weighted by atomic mass is 9.66. The second kappa shape index (κ2) is 11.5. The van der Waals surface area contributed by atoms with Crippen LogP contribution >= 0.6 is 12.4 Å². The highest BCUT2D eigenvalue weighted by molar-refractivity contribution is 5.91. The lowest BCUT2D eigenvalue weighted by Crippen LogP contribution is -2.56. The van der Waals surface area contributed by atoms with Gasteiger partial charge in [-0.25, -0.2) is 4.79 Å². The van der Waals surface area contributed by atoms with Crippen LogP contribution in [0.15, 0.2) is 24.3 Å². The number of benzene rings is 1. The van der Waals surface area contributed by atoms with Crippen molar-refractivity contribution in [2.45, 2.75) is 52.1 Å². The summed E-state index contributed by atoms with van der Waals surface area (Å²) in [4.78, 5) is 25.0. The second-order valence-corrected chi connectivity index (χ2v) is 8.25. The zero-order chi connectivity index (χ0) is 20.7. The van der Waals surface area contributed by atoms with Gasteiger partial charge in [-0.05, 0) is 48.6 Å². The molecule has 0 heterocycles. The number of hydrogen-bond donors (Lipinski definition) is 3. The van der Waals surface area contributed by atoms with E-state index in [4.69, 9.17) is 10.5 Å². The molecule has 0 unspecified atom stereocenters. The van der Waals surface area contributed by atoms with E-state index >= 15 is 0 Å². The van der Waals surface area contributed by atoms with Crippen LogP contribution in [0.2, 0.25) is 0 Å². The molecule has 164 valence electrons. The molecule has 0 aliphatic heterocycles. The van der Waals surface area contributed by atoms with Crippen LogP contribution in [-0.2, 0) is 16.0 Å². The minimum Gasteiger partial charge on any atom is -0.461 e. The normalized spacial score (nSPS) is 23.9. The van der Waals surface area contributed by atoms with E-state index in [0.717, 1.165) is 18.4 Å². The van der Waals surface area contributed by atoms with Crippen LogP contribution in [0.4, 0.5) is 0 Å². The predicted octanol–water partition coefficient (Wildman–Crippen LogP) is 2.71. The Kier molecular flexibility index (Phi) is 10.1. The molecule has 4 N–H and O–H groups in total. The van der Waals surface area contributed by atoms with Crippen molar-refractivity contribution < 1.29 is 19.4 Å². The molecular weight excluding hydrogens is 392 g/mol. The summed E-state index contributed by atoms with van der Waals surface area (Å²) < 4.78 is 5.12. The molecule has 1 fully saturated rings. The van der Waals surface area contributed by atoms with Crippen LogP contribution in [0.5, 0.6) is 0 Å². The molecule has 6 nitrogen and oxygen atoms in total. The second-order valence-electron chi connectivity index (χ2n) is 8.25. The number of ether oxygens (including phenoxy) is 1. The van der Waals surface area contributed by atoms with Crippen LogP contribution in [0.3, 0.4) is 0 Å². The average molecular weight is 427 g/mol. The van der Waals surface area contributed by atoms with Crippen molar-refractivity contribution in [3.8, 4) is 0 Å². The number of rotatable bonds is 8. The molecule has 0 saturated heterocycles. The summed E-state index contributed by atoms with van der Waals surface area (Å²) in [6.45, 7) is 6.99. The van der Waals surface area contributed by atoms with Crippen LogP contribution in [-0.4, -0.2) is 42.3 Å². The third-order valence-electron chi connectivity index (χ3n) is 5.71. The fourth-order valence-corrected chi connectivity index (χ4v) is 4.26. The largest absolute Gasteiger partial charge is 0.461 e. The van der Waals surface area contributed by atoms with Gasteiger partial charge in [0.05, 0.1) is 5.56 Å². The molecule has 1 aromatic carbocycles. The zero-order valence-electron chi connectivity index (χ0n) is 17.6. The molecular formula is C22H35ClN2O4. The number of nitrogens with two attached hydrogens (primary N) is 1. The van der Waals surface area contributed by atoms with Crippen LogP contribution in [0, 0.1) is 17.8 Å². The summed E-state index contributed by atoms with van der Waals surface area (Å²) in [6, 6.07) is 7.18. The Bertz CT molecular complexity index is 683. The number of carbonyl (C=O) groups excluding carboxylic acids is 2. The van der Waals surface area contributed by atoms with E-state index in [1.54, 1.807) is 12.1 Å². The van der Waals surface area contributed by atoms with Crippen molar-refractivity contribution in [3.05, 3.63) is 35.4 Å². The van der Waals surface area contributed by atoms with Crippen LogP contribution in [0.1, 0.15) is 56.0 Å². The van der Waals surface area contributed by atoms with Gasteiger partial charge >= 0.3 is 5.97 Å².